The molecule has 1 aliphatic heterocycles. The van der Waals surface area contributed by atoms with E-state index >= 15 is 0 Å². The molecule has 0 aliphatic carbocycles. The van der Waals surface area contributed by atoms with Crippen LogP contribution in [0.25, 0.3) is 0 Å². The van der Waals surface area contributed by atoms with Gasteiger partial charge in [-0.2, -0.15) is 0 Å². The van der Waals surface area contributed by atoms with Gasteiger partial charge in [-0.25, -0.2) is 4.79 Å². The first-order chi connectivity index (χ1) is 9.49. The highest BCUT2D eigenvalue weighted by Crippen LogP contribution is 2.23. The van der Waals surface area contributed by atoms with Gasteiger partial charge in [-0.3, -0.25) is 9.59 Å². The average Bonchev–Trinajstić information content (AvgIpc) is 2.38. The SMILES string of the molecule is CC(=O)O[C@H]1NC(=O)[C@H]1C(C)OC(=O)c1ccccc1. The van der Waals surface area contributed by atoms with E-state index in [1.807, 2.05) is 0 Å². The Bertz CT molecular complexity index is 528. The molecule has 6 heteroatoms. The molecule has 0 bridgehead atoms. The van der Waals surface area contributed by atoms with Gasteiger partial charge in [0.1, 0.15) is 12.0 Å². The zero-order valence-electron chi connectivity index (χ0n) is 11.2. The first kappa shape index (κ1) is 14.0. The van der Waals surface area contributed by atoms with E-state index in [0.717, 1.165) is 0 Å². The van der Waals surface area contributed by atoms with Crippen LogP contribution < -0.4 is 5.32 Å². The van der Waals surface area contributed by atoms with E-state index in [4.69, 9.17) is 9.47 Å². The number of rotatable bonds is 4. The molecule has 0 aromatic heterocycles. The molecule has 0 saturated carbocycles. The summed E-state index contributed by atoms with van der Waals surface area (Å²) in [4.78, 5) is 34.2. The van der Waals surface area contributed by atoms with E-state index in [0.29, 0.717) is 5.56 Å². The summed E-state index contributed by atoms with van der Waals surface area (Å²) >= 11 is 0. The molecule has 1 amide bonds. The summed E-state index contributed by atoms with van der Waals surface area (Å²) in [6.07, 6.45) is -1.42. The molecule has 1 aliphatic rings. The van der Waals surface area contributed by atoms with Crippen LogP contribution in [-0.4, -0.2) is 30.2 Å². The first-order valence-electron chi connectivity index (χ1n) is 6.22. The number of carbonyl (C=O) groups excluding carboxylic acids is 3. The smallest absolute Gasteiger partial charge is 0.338 e. The maximum Gasteiger partial charge on any atom is 0.338 e. The van der Waals surface area contributed by atoms with Crippen LogP contribution in [0.3, 0.4) is 0 Å². The Labute approximate surface area is 116 Å². The fourth-order valence-corrected chi connectivity index (χ4v) is 1.99. The maximum atomic E-state index is 11.9. The molecule has 0 spiro atoms. The molecule has 6 nitrogen and oxygen atoms in total. The van der Waals surface area contributed by atoms with E-state index in [-0.39, 0.29) is 5.91 Å². The number of ether oxygens (including phenoxy) is 2. The van der Waals surface area contributed by atoms with Gasteiger partial charge in [0.25, 0.3) is 0 Å². The van der Waals surface area contributed by atoms with Crippen molar-refractivity contribution in [3.63, 3.8) is 0 Å². The summed E-state index contributed by atoms with van der Waals surface area (Å²) in [5.41, 5.74) is 0.406. The summed E-state index contributed by atoms with van der Waals surface area (Å²) in [5.74, 6) is -1.99. The van der Waals surface area contributed by atoms with Crippen molar-refractivity contribution in [1.29, 1.82) is 0 Å². The topological polar surface area (TPSA) is 81.7 Å². The molecular formula is C14H15NO5. The Kier molecular flexibility index (Phi) is 4.02. The summed E-state index contributed by atoms with van der Waals surface area (Å²) in [6.45, 7) is 2.85. The lowest BCUT2D eigenvalue weighted by atomic mass is 9.93. The van der Waals surface area contributed by atoms with Crippen molar-refractivity contribution in [2.24, 2.45) is 5.92 Å². The third-order valence-corrected chi connectivity index (χ3v) is 3.01. The highest BCUT2D eigenvalue weighted by molar-refractivity contribution is 5.90. The number of esters is 2. The summed E-state index contributed by atoms with van der Waals surface area (Å²) in [6, 6.07) is 8.48. The minimum absolute atomic E-state index is 0.301. The molecule has 0 radical (unpaired) electrons. The predicted molar refractivity (Wildman–Crippen MR) is 68.5 cm³/mol. The van der Waals surface area contributed by atoms with Gasteiger partial charge < -0.3 is 14.8 Å². The zero-order chi connectivity index (χ0) is 14.7. The Morgan fingerprint density at radius 2 is 1.90 bits per heavy atom. The quantitative estimate of drug-likeness (QED) is 0.652. The molecule has 1 aromatic carbocycles. The number of nitrogens with one attached hydrogen (secondary N) is 1. The minimum Gasteiger partial charge on any atom is -0.458 e. The van der Waals surface area contributed by atoms with Crippen LogP contribution in [0, 0.1) is 5.92 Å². The Hall–Kier alpha value is -2.37. The lowest BCUT2D eigenvalue weighted by Gasteiger charge is -2.38. The van der Waals surface area contributed by atoms with Crippen molar-refractivity contribution >= 4 is 17.8 Å². The number of benzene rings is 1. The van der Waals surface area contributed by atoms with Gasteiger partial charge in [0, 0.05) is 6.92 Å². The van der Waals surface area contributed by atoms with Gasteiger partial charge >= 0.3 is 11.9 Å². The molecule has 20 heavy (non-hydrogen) atoms. The van der Waals surface area contributed by atoms with Gasteiger partial charge in [-0.1, -0.05) is 18.2 Å². The molecule has 1 fully saturated rings. The third-order valence-electron chi connectivity index (χ3n) is 3.01. The molecule has 3 atom stereocenters. The summed E-state index contributed by atoms with van der Waals surface area (Å²) < 4.78 is 10.1. The van der Waals surface area contributed by atoms with Gasteiger partial charge in [0.2, 0.25) is 5.91 Å². The fraction of sp³-hybridized carbons (Fsp3) is 0.357. The second-order valence-electron chi connectivity index (χ2n) is 4.54. The summed E-state index contributed by atoms with van der Waals surface area (Å²) in [7, 11) is 0. The zero-order valence-corrected chi connectivity index (χ0v) is 11.2. The third kappa shape index (κ3) is 2.96. The normalized spacial score (nSPS) is 22.2. The van der Waals surface area contributed by atoms with Crippen molar-refractivity contribution in [2.45, 2.75) is 26.2 Å². The van der Waals surface area contributed by atoms with Crippen molar-refractivity contribution in [3.05, 3.63) is 35.9 Å². The first-order valence-corrected chi connectivity index (χ1v) is 6.22. The van der Waals surface area contributed by atoms with Gasteiger partial charge in [0.15, 0.2) is 6.23 Å². The number of amides is 1. The maximum absolute atomic E-state index is 11.9. The number of carbonyl (C=O) groups is 3. The number of hydrogen-bond donors (Lipinski definition) is 1. The Morgan fingerprint density at radius 1 is 1.25 bits per heavy atom. The van der Waals surface area contributed by atoms with E-state index < -0.39 is 30.2 Å². The van der Waals surface area contributed by atoms with E-state index in [1.165, 1.54) is 6.92 Å². The van der Waals surface area contributed by atoms with E-state index in [2.05, 4.69) is 5.32 Å². The van der Waals surface area contributed by atoms with Crippen LogP contribution in [0.15, 0.2) is 30.3 Å². The van der Waals surface area contributed by atoms with Gasteiger partial charge in [-0.15, -0.1) is 0 Å². The molecule has 1 unspecified atom stereocenters. The molecule has 1 aromatic rings. The largest absolute Gasteiger partial charge is 0.458 e. The van der Waals surface area contributed by atoms with Gasteiger partial charge in [0.05, 0.1) is 5.56 Å². The van der Waals surface area contributed by atoms with Crippen molar-refractivity contribution < 1.29 is 23.9 Å². The lowest BCUT2D eigenvalue weighted by molar-refractivity contribution is -0.173. The van der Waals surface area contributed by atoms with Gasteiger partial charge in [-0.05, 0) is 19.1 Å². The monoisotopic (exact) mass is 277 g/mol. The van der Waals surface area contributed by atoms with Crippen LogP contribution in [-0.2, 0) is 19.1 Å². The fourth-order valence-electron chi connectivity index (χ4n) is 1.99. The highest BCUT2D eigenvalue weighted by Gasteiger charge is 2.47. The highest BCUT2D eigenvalue weighted by atomic mass is 16.6. The van der Waals surface area contributed by atoms with E-state index in [9.17, 15) is 14.4 Å². The van der Waals surface area contributed by atoms with Crippen molar-refractivity contribution in [1.82, 2.24) is 5.32 Å². The van der Waals surface area contributed by atoms with Crippen LogP contribution in [0.4, 0.5) is 0 Å². The van der Waals surface area contributed by atoms with Crippen LogP contribution in [0.1, 0.15) is 24.2 Å². The Morgan fingerprint density at radius 3 is 2.45 bits per heavy atom. The van der Waals surface area contributed by atoms with Crippen molar-refractivity contribution in [3.8, 4) is 0 Å². The van der Waals surface area contributed by atoms with Crippen LogP contribution in [0.2, 0.25) is 0 Å². The van der Waals surface area contributed by atoms with E-state index in [1.54, 1.807) is 37.3 Å². The average molecular weight is 277 g/mol. The predicted octanol–water partition coefficient (Wildman–Crippen LogP) is 0.867. The number of hydrogen-bond acceptors (Lipinski definition) is 5. The number of β-lactam (4-membered cyclic amide) rings is 1. The molecule has 1 N–H and O–H groups in total. The molecule has 106 valence electrons. The second kappa shape index (κ2) is 5.73. The van der Waals surface area contributed by atoms with Crippen molar-refractivity contribution in [2.75, 3.05) is 0 Å². The standard InChI is InChI=1S/C14H15NO5/c1-8(11-12(17)15-13(11)20-9(2)16)19-14(18)10-6-4-3-5-7-10/h3-8,11,13H,1-2H3,(H,15,17)/t8?,11-,13-/m1/s1. The lowest BCUT2D eigenvalue weighted by Crippen LogP contribution is -2.63. The Balaban J connectivity index is 1.97. The molecule has 1 heterocycles. The molecule has 2 rings (SSSR count). The van der Waals surface area contributed by atoms with Crippen LogP contribution >= 0.6 is 0 Å². The molecular weight excluding hydrogens is 262 g/mol. The van der Waals surface area contributed by atoms with Crippen LogP contribution in [0.5, 0.6) is 0 Å². The summed E-state index contributed by atoms with van der Waals surface area (Å²) in [5, 5.41) is 2.44. The molecule has 1 saturated heterocycles. The minimum atomic E-state index is -0.737. The second-order valence-corrected chi connectivity index (χ2v) is 4.54.